The van der Waals surface area contributed by atoms with E-state index in [9.17, 15) is 5.11 Å². The summed E-state index contributed by atoms with van der Waals surface area (Å²) in [6.07, 6.45) is 5.08. The molecule has 0 aromatic rings. The Labute approximate surface area is 62.7 Å². The molecule has 0 aliphatic carbocycles. The van der Waals surface area contributed by atoms with Crippen LogP contribution in [0.15, 0.2) is 12.2 Å². The molecule has 3 N–H and O–H groups in total. The van der Waals surface area contributed by atoms with Crippen molar-refractivity contribution in [2.45, 2.75) is 38.8 Å². The van der Waals surface area contributed by atoms with Crippen molar-refractivity contribution in [3.8, 4) is 0 Å². The largest absolute Gasteiger partial charge is 0.392 e. The third-order valence-corrected chi connectivity index (χ3v) is 1.56. The van der Waals surface area contributed by atoms with E-state index in [1.54, 1.807) is 0 Å². The van der Waals surface area contributed by atoms with Crippen molar-refractivity contribution < 1.29 is 5.11 Å². The van der Waals surface area contributed by atoms with Crippen LogP contribution in [-0.4, -0.2) is 17.3 Å². The minimum Gasteiger partial charge on any atom is -0.392 e. The van der Waals surface area contributed by atoms with Gasteiger partial charge in [0.05, 0.1) is 6.10 Å². The first-order valence-electron chi connectivity index (χ1n) is 3.77. The molecule has 0 heterocycles. The van der Waals surface area contributed by atoms with Gasteiger partial charge in [0.2, 0.25) is 0 Å². The summed E-state index contributed by atoms with van der Waals surface area (Å²) < 4.78 is 0. The van der Waals surface area contributed by atoms with E-state index in [0.717, 1.165) is 12.8 Å². The van der Waals surface area contributed by atoms with E-state index >= 15 is 0 Å². The molecule has 0 saturated heterocycles. The number of rotatable bonds is 4. The molecule has 0 aliphatic heterocycles. The van der Waals surface area contributed by atoms with Gasteiger partial charge in [-0.25, -0.2) is 0 Å². The van der Waals surface area contributed by atoms with Crippen LogP contribution >= 0.6 is 0 Å². The molecule has 0 fully saturated rings. The molecule has 60 valence electrons. The van der Waals surface area contributed by atoms with E-state index in [-0.39, 0.29) is 12.1 Å². The number of aliphatic hydroxyl groups is 1. The highest BCUT2D eigenvalue weighted by atomic mass is 16.3. The molecule has 2 heteroatoms. The maximum absolute atomic E-state index is 9.19. The Hall–Kier alpha value is -0.340. The molecule has 0 amide bonds. The highest BCUT2D eigenvalue weighted by Crippen LogP contribution is 2.00. The lowest BCUT2D eigenvalue weighted by Crippen LogP contribution is -2.33. The second-order valence-corrected chi connectivity index (χ2v) is 2.44. The molecule has 0 radical (unpaired) electrons. The highest BCUT2D eigenvalue weighted by molar-refractivity contribution is 4.84. The number of allylic oxidation sites excluding steroid dienone is 1. The van der Waals surface area contributed by atoms with Crippen LogP contribution in [0.4, 0.5) is 0 Å². The molecule has 2 unspecified atom stereocenters. The highest BCUT2D eigenvalue weighted by Gasteiger charge is 2.09. The van der Waals surface area contributed by atoms with E-state index in [2.05, 4.69) is 0 Å². The Morgan fingerprint density at radius 1 is 1.60 bits per heavy atom. The molecule has 10 heavy (non-hydrogen) atoms. The summed E-state index contributed by atoms with van der Waals surface area (Å²) >= 11 is 0. The fraction of sp³-hybridized carbons (Fsp3) is 0.750. The lowest BCUT2D eigenvalue weighted by Gasteiger charge is -2.14. The summed E-state index contributed by atoms with van der Waals surface area (Å²) in [5.74, 6) is 0. The zero-order valence-corrected chi connectivity index (χ0v) is 6.75. The second-order valence-electron chi connectivity index (χ2n) is 2.44. The molecule has 0 bridgehead atoms. The van der Waals surface area contributed by atoms with Gasteiger partial charge in [-0.2, -0.15) is 0 Å². The van der Waals surface area contributed by atoms with Crippen molar-refractivity contribution in [1.29, 1.82) is 0 Å². The van der Waals surface area contributed by atoms with Crippen LogP contribution in [0.2, 0.25) is 0 Å². The van der Waals surface area contributed by atoms with Gasteiger partial charge in [0.1, 0.15) is 0 Å². The normalized spacial score (nSPS) is 17.6. The Bertz CT molecular complexity index is 101. The predicted molar refractivity (Wildman–Crippen MR) is 43.7 cm³/mol. The van der Waals surface area contributed by atoms with Crippen molar-refractivity contribution in [2.75, 3.05) is 0 Å². The first-order chi connectivity index (χ1) is 4.72. The number of nitrogens with two attached hydrogens (primary N) is 1. The van der Waals surface area contributed by atoms with Gasteiger partial charge in [0.15, 0.2) is 0 Å². The minimum atomic E-state index is -0.351. The van der Waals surface area contributed by atoms with Crippen molar-refractivity contribution in [2.24, 2.45) is 5.73 Å². The fourth-order valence-electron chi connectivity index (χ4n) is 0.753. The summed E-state index contributed by atoms with van der Waals surface area (Å²) in [5, 5.41) is 9.19. The van der Waals surface area contributed by atoms with Crippen LogP contribution in [0.5, 0.6) is 0 Å². The molecule has 2 nitrogen and oxygen atoms in total. The summed E-state index contributed by atoms with van der Waals surface area (Å²) in [7, 11) is 0. The Morgan fingerprint density at radius 3 is 2.60 bits per heavy atom. The van der Waals surface area contributed by atoms with E-state index in [1.807, 2.05) is 26.0 Å². The van der Waals surface area contributed by atoms with E-state index < -0.39 is 0 Å². The molecule has 2 atom stereocenters. The summed E-state index contributed by atoms with van der Waals surface area (Å²) in [4.78, 5) is 0. The minimum absolute atomic E-state index is 0.0961. The number of aliphatic hydroxyl groups excluding tert-OH is 1. The van der Waals surface area contributed by atoms with Gasteiger partial charge < -0.3 is 10.8 Å². The molecular formula is C8H17NO. The van der Waals surface area contributed by atoms with Crippen molar-refractivity contribution in [3.05, 3.63) is 12.2 Å². The number of hydrogen-bond donors (Lipinski definition) is 2. The molecule has 0 aromatic carbocycles. The van der Waals surface area contributed by atoms with Gasteiger partial charge in [-0.1, -0.05) is 19.1 Å². The molecule has 0 rings (SSSR count). The predicted octanol–water partition coefficient (Wildman–Crippen LogP) is 1.05. The fourth-order valence-corrected chi connectivity index (χ4v) is 0.753. The van der Waals surface area contributed by atoms with Crippen LogP contribution in [-0.2, 0) is 0 Å². The first kappa shape index (κ1) is 9.66. The van der Waals surface area contributed by atoms with Gasteiger partial charge in [-0.15, -0.1) is 0 Å². The lowest BCUT2D eigenvalue weighted by molar-refractivity contribution is 0.141. The lowest BCUT2D eigenvalue weighted by atomic mass is 10.1. The summed E-state index contributed by atoms with van der Waals surface area (Å²) in [6, 6.07) is -0.0961. The quantitative estimate of drug-likeness (QED) is 0.578. The molecule has 0 aromatic heterocycles. The number of hydrogen-bond acceptors (Lipinski definition) is 2. The Balaban J connectivity index is 3.50. The molecular weight excluding hydrogens is 126 g/mol. The Morgan fingerprint density at radius 2 is 2.20 bits per heavy atom. The third-order valence-electron chi connectivity index (χ3n) is 1.56. The standard InChI is InChI=1S/C8H17NO/c1-3-5-6-7(9)8(10)4-2/h3,5,7-8,10H,4,6,9H2,1-2H3/b5-3+. The zero-order valence-electron chi connectivity index (χ0n) is 6.75. The van der Waals surface area contributed by atoms with Crippen molar-refractivity contribution in [1.82, 2.24) is 0 Å². The van der Waals surface area contributed by atoms with Crippen molar-refractivity contribution >= 4 is 0 Å². The maximum Gasteiger partial charge on any atom is 0.0691 e. The monoisotopic (exact) mass is 143 g/mol. The average Bonchev–Trinajstić information content (AvgIpc) is 1.98. The molecule has 0 aliphatic rings. The van der Waals surface area contributed by atoms with Crippen LogP contribution < -0.4 is 5.73 Å². The van der Waals surface area contributed by atoms with Crippen molar-refractivity contribution in [3.63, 3.8) is 0 Å². The second kappa shape index (κ2) is 5.45. The third kappa shape index (κ3) is 3.64. The average molecular weight is 143 g/mol. The van der Waals surface area contributed by atoms with E-state index in [4.69, 9.17) is 5.73 Å². The van der Waals surface area contributed by atoms with E-state index in [0.29, 0.717) is 0 Å². The molecule has 0 saturated carbocycles. The van der Waals surface area contributed by atoms with Crippen LogP contribution in [0.1, 0.15) is 26.7 Å². The zero-order chi connectivity index (χ0) is 7.98. The maximum atomic E-state index is 9.19. The van der Waals surface area contributed by atoms with Crippen LogP contribution in [0.25, 0.3) is 0 Å². The van der Waals surface area contributed by atoms with Gasteiger partial charge in [0, 0.05) is 6.04 Å². The van der Waals surface area contributed by atoms with Crippen LogP contribution in [0.3, 0.4) is 0 Å². The van der Waals surface area contributed by atoms with Crippen LogP contribution in [0, 0.1) is 0 Å². The topological polar surface area (TPSA) is 46.2 Å². The summed E-state index contributed by atoms with van der Waals surface area (Å²) in [6.45, 7) is 3.88. The SMILES string of the molecule is C/C=C/CC(N)C(O)CC. The van der Waals surface area contributed by atoms with E-state index in [1.165, 1.54) is 0 Å². The summed E-state index contributed by atoms with van der Waals surface area (Å²) in [5.41, 5.74) is 5.61. The first-order valence-corrected chi connectivity index (χ1v) is 3.77. The molecule has 0 spiro atoms. The van der Waals surface area contributed by atoms with Gasteiger partial charge in [-0.05, 0) is 19.8 Å². The van der Waals surface area contributed by atoms with Gasteiger partial charge in [-0.3, -0.25) is 0 Å². The van der Waals surface area contributed by atoms with Gasteiger partial charge in [0.25, 0.3) is 0 Å². The van der Waals surface area contributed by atoms with Gasteiger partial charge >= 0.3 is 0 Å². The Kier molecular flexibility index (Phi) is 5.26. The smallest absolute Gasteiger partial charge is 0.0691 e.